The first-order valence-corrected chi connectivity index (χ1v) is 5.86. The van der Waals surface area contributed by atoms with Gasteiger partial charge in [-0.25, -0.2) is 0 Å². The molecule has 1 N–H and O–H groups in total. The Hall–Kier alpha value is -0.120. The van der Waals surface area contributed by atoms with Gasteiger partial charge in [0.05, 0.1) is 18.8 Å². The van der Waals surface area contributed by atoms with Gasteiger partial charge in [0.25, 0.3) is 0 Å². The lowest BCUT2D eigenvalue weighted by molar-refractivity contribution is 0.0488. The lowest BCUT2D eigenvalue weighted by Crippen LogP contribution is -2.42. The van der Waals surface area contributed by atoms with Crippen molar-refractivity contribution < 1.29 is 9.84 Å². The van der Waals surface area contributed by atoms with Crippen LogP contribution < -0.4 is 0 Å². The fourth-order valence-corrected chi connectivity index (χ4v) is 4.18. The van der Waals surface area contributed by atoms with Crippen molar-refractivity contribution in [3.63, 3.8) is 0 Å². The molecule has 2 aliphatic heterocycles. The summed E-state index contributed by atoms with van der Waals surface area (Å²) in [4.78, 5) is 2.50. The minimum Gasteiger partial charge on any atom is -0.391 e. The fraction of sp³-hybridized carbons (Fsp3) is 1.00. The van der Waals surface area contributed by atoms with E-state index >= 15 is 0 Å². The van der Waals surface area contributed by atoms with Crippen LogP contribution in [0.5, 0.6) is 0 Å². The Bertz CT molecular complexity index is 264. The Balaban J connectivity index is 1.58. The zero-order valence-electron chi connectivity index (χ0n) is 8.30. The molecule has 0 amide bonds. The summed E-state index contributed by atoms with van der Waals surface area (Å²) in [5.41, 5.74) is 0. The van der Waals surface area contributed by atoms with Crippen LogP contribution in [-0.2, 0) is 4.74 Å². The maximum atomic E-state index is 10.1. The highest BCUT2D eigenvalue weighted by Gasteiger charge is 2.59. The van der Waals surface area contributed by atoms with Gasteiger partial charge in [-0.05, 0) is 30.6 Å². The molecule has 4 rings (SSSR count). The monoisotopic (exact) mass is 195 g/mol. The summed E-state index contributed by atoms with van der Waals surface area (Å²) in [6.45, 7) is 3.24. The smallest absolute Gasteiger partial charge is 0.0936 e. The van der Waals surface area contributed by atoms with Gasteiger partial charge in [0, 0.05) is 19.1 Å². The minimum atomic E-state index is -0.0301. The Morgan fingerprint density at radius 1 is 1.29 bits per heavy atom. The van der Waals surface area contributed by atoms with Gasteiger partial charge in [-0.2, -0.15) is 0 Å². The van der Waals surface area contributed by atoms with E-state index in [9.17, 15) is 5.11 Å². The maximum absolute atomic E-state index is 10.1. The van der Waals surface area contributed by atoms with Gasteiger partial charge in [0.15, 0.2) is 0 Å². The van der Waals surface area contributed by atoms with Crippen molar-refractivity contribution in [2.45, 2.75) is 31.1 Å². The molecule has 2 bridgehead atoms. The molecule has 0 spiro atoms. The normalized spacial score (nSPS) is 59.8. The van der Waals surface area contributed by atoms with Crippen LogP contribution in [0.1, 0.15) is 12.8 Å². The van der Waals surface area contributed by atoms with Crippen LogP contribution in [0.15, 0.2) is 0 Å². The minimum absolute atomic E-state index is 0.0301. The van der Waals surface area contributed by atoms with Crippen LogP contribution in [0.25, 0.3) is 0 Å². The highest BCUT2D eigenvalue weighted by Crippen LogP contribution is 2.54. The molecule has 2 saturated carbocycles. The van der Waals surface area contributed by atoms with Crippen molar-refractivity contribution >= 4 is 0 Å². The summed E-state index contributed by atoms with van der Waals surface area (Å²) < 4.78 is 5.28. The SMILES string of the molecule is OC1C2CC3CN(CC4CO4)C1C3C2. The van der Waals surface area contributed by atoms with Gasteiger partial charge in [-0.3, -0.25) is 4.90 Å². The first-order valence-electron chi connectivity index (χ1n) is 5.86. The fourth-order valence-electron chi connectivity index (χ4n) is 4.18. The van der Waals surface area contributed by atoms with Gasteiger partial charge in [0.1, 0.15) is 0 Å². The molecule has 2 heterocycles. The number of aliphatic hydroxyl groups is 1. The number of fused-ring (bicyclic) bond motifs is 1. The third kappa shape index (κ3) is 0.930. The molecule has 2 saturated heterocycles. The van der Waals surface area contributed by atoms with Crippen LogP contribution in [0, 0.1) is 17.8 Å². The van der Waals surface area contributed by atoms with Crippen molar-refractivity contribution in [1.29, 1.82) is 0 Å². The summed E-state index contributed by atoms with van der Waals surface area (Å²) >= 11 is 0. The molecule has 2 aliphatic carbocycles. The molecule has 6 unspecified atom stereocenters. The first kappa shape index (κ1) is 8.08. The van der Waals surface area contributed by atoms with Crippen LogP contribution in [0.2, 0.25) is 0 Å². The molecule has 0 aromatic heterocycles. The summed E-state index contributed by atoms with van der Waals surface area (Å²) in [6.07, 6.45) is 3.03. The average molecular weight is 195 g/mol. The van der Waals surface area contributed by atoms with Crippen molar-refractivity contribution in [3.05, 3.63) is 0 Å². The molecule has 3 heteroatoms. The van der Waals surface area contributed by atoms with E-state index in [0.29, 0.717) is 18.1 Å². The van der Waals surface area contributed by atoms with E-state index in [1.54, 1.807) is 0 Å². The molecular formula is C11H17NO2. The van der Waals surface area contributed by atoms with E-state index in [1.165, 1.54) is 19.4 Å². The van der Waals surface area contributed by atoms with Gasteiger partial charge in [-0.15, -0.1) is 0 Å². The maximum Gasteiger partial charge on any atom is 0.0936 e. The summed E-state index contributed by atoms with van der Waals surface area (Å²) in [7, 11) is 0. The molecule has 4 aliphatic rings. The number of nitrogens with zero attached hydrogens (tertiary/aromatic N) is 1. The molecule has 3 nitrogen and oxygen atoms in total. The second-order valence-corrected chi connectivity index (χ2v) is 5.55. The highest BCUT2D eigenvalue weighted by molar-refractivity contribution is 5.11. The summed E-state index contributed by atoms with van der Waals surface area (Å²) in [5, 5.41) is 10.1. The van der Waals surface area contributed by atoms with E-state index in [1.807, 2.05) is 0 Å². The second-order valence-electron chi connectivity index (χ2n) is 5.55. The van der Waals surface area contributed by atoms with Crippen LogP contribution in [0.3, 0.4) is 0 Å². The predicted octanol–water partition coefficient (Wildman–Crippen LogP) is 0.0863. The van der Waals surface area contributed by atoms with Gasteiger partial charge < -0.3 is 9.84 Å². The van der Waals surface area contributed by atoms with E-state index in [0.717, 1.165) is 25.0 Å². The Morgan fingerprint density at radius 3 is 2.86 bits per heavy atom. The second kappa shape index (κ2) is 2.52. The highest BCUT2D eigenvalue weighted by atomic mass is 16.6. The van der Waals surface area contributed by atoms with Gasteiger partial charge in [-0.1, -0.05) is 0 Å². The Kier molecular flexibility index (Phi) is 1.45. The standard InChI is InChI=1S/C11H17NO2/c13-11-6-1-7-3-12(4-8-5-14-8)10(11)9(7)2-6/h6-11,13H,1-5H2. The average Bonchev–Trinajstić information content (AvgIpc) is 2.67. The first-order chi connectivity index (χ1) is 6.83. The number of epoxide rings is 1. The largest absolute Gasteiger partial charge is 0.391 e. The zero-order chi connectivity index (χ0) is 9.28. The lowest BCUT2D eigenvalue weighted by Gasteiger charge is -2.28. The van der Waals surface area contributed by atoms with Crippen molar-refractivity contribution in [2.75, 3.05) is 19.7 Å². The van der Waals surface area contributed by atoms with E-state index in [2.05, 4.69) is 4.90 Å². The predicted molar refractivity (Wildman–Crippen MR) is 50.8 cm³/mol. The molecular weight excluding hydrogens is 178 g/mol. The molecule has 0 aromatic carbocycles. The number of ether oxygens (including phenoxy) is 1. The van der Waals surface area contributed by atoms with Gasteiger partial charge >= 0.3 is 0 Å². The Morgan fingerprint density at radius 2 is 2.14 bits per heavy atom. The third-order valence-corrected chi connectivity index (χ3v) is 4.79. The topological polar surface area (TPSA) is 36.0 Å². The molecule has 4 fully saturated rings. The number of hydrogen-bond donors (Lipinski definition) is 1. The summed E-state index contributed by atoms with van der Waals surface area (Å²) in [5.74, 6) is 2.33. The number of rotatable bonds is 2. The number of hydrogen-bond acceptors (Lipinski definition) is 3. The number of aliphatic hydroxyl groups excluding tert-OH is 1. The van der Waals surface area contributed by atoms with E-state index in [-0.39, 0.29) is 6.10 Å². The van der Waals surface area contributed by atoms with Crippen molar-refractivity contribution in [1.82, 2.24) is 4.90 Å². The molecule has 78 valence electrons. The summed E-state index contributed by atoms with van der Waals surface area (Å²) in [6, 6.07) is 0.489. The van der Waals surface area contributed by atoms with Crippen LogP contribution >= 0.6 is 0 Å². The molecule has 0 aromatic rings. The van der Waals surface area contributed by atoms with Crippen molar-refractivity contribution in [3.8, 4) is 0 Å². The molecule has 14 heavy (non-hydrogen) atoms. The Labute approximate surface area is 84.0 Å². The molecule has 0 radical (unpaired) electrons. The van der Waals surface area contributed by atoms with E-state index < -0.39 is 0 Å². The van der Waals surface area contributed by atoms with Crippen LogP contribution in [0.4, 0.5) is 0 Å². The molecule has 6 atom stereocenters. The van der Waals surface area contributed by atoms with Gasteiger partial charge in [0.2, 0.25) is 0 Å². The van der Waals surface area contributed by atoms with Crippen molar-refractivity contribution in [2.24, 2.45) is 17.8 Å². The van der Waals surface area contributed by atoms with Crippen LogP contribution in [-0.4, -0.2) is 48.0 Å². The third-order valence-electron chi connectivity index (χ3n) is 4.79. The quantitative estimate of drug-likeness (QED) is 0.634. The lowest BCUT2D eigenvalue weighted by atomic mass is 9.88. The zero-order valence-corrected chi connectivity index (χ0v) is 8.30. The number of likely N-dealkylation sites (tertiary alicyclic amines) is 1. The van der Waals surface area contributed by atoms with E-state index in [4.69, 9.17) is 4.74 Å².